The van der Waals surface area contributed by atoms with E-state index in [1.807, 2.05) is 0 Å². The van der Waals surface area contributed by atoms with Crippen LogP contribution in [0.3, 0.4) is 0 Å². The van der Waals surface area contributed by atoms with E-state index in [4.69, 9.17) is 20.4 Å². The van der Waals surface area contributed by atoms with Crippen LogP contribution in [-0.2, 0) is 28.8 Å². The van der Waals surface area contributed by atoms with Gasteiger partial charge in [0.15, 0.2) is 0 Å². The summed E-state index contributed by atoms with van der Waals surface area (Å²) < 4.78 is 0. The van der Waals surface area contributed by atoms with Crippen LogP contribution in [0.25, 0.3) is 0 Å². The van der Waals surface area contributed by atoms with Crippen molar-refractivity contribution in [2.24, 2.45) is 11.8 Å². The van der Waals surface area contributed by atoms with Gasteiger partial charge in [0, 0.05) is 44.6 Å². The van der Waals surface area contributed by atoms with Crippen molar-refractivity contribution in [1.29, 1.82) is 0 Å². The van der Waals surface area contributed by atoms with Crippen molar-refractivity contribution in [1.82, 2.24) is 9.80 Å². The molecule has 4 N–H and O–H groups in total. The molecule has 2 unspecified atom stereocenters. The SMILES string of the molecule is C=C(CC(=O)O)C(=O)O.CCCCN1CC(C(=O)O)CC1=O.CCCCN1CC(C(=O)O)CC1=O. The monoisotopic (exact) mass is 500 g/mol. The van der Waals surface area contributed by atoms with Crippen molar-refractivity contribution in [3.05, 3.63) is 12.2 Å². The van der Waals surface area contributed by atoms with Gasteiger partial charge in [0.05, 0.1) is 18.3 Å². The van der Waals surface area contributed by atoms with Gasteiger partial charge in [-0.05, 0) is 12.8 Å². The summed E-state index contributed by atoms with van der Waals surface area (Å²) in [6, 6.07) is 0. The fraction of sp³-hybridized carbons (Fsp3) is 0.652. The first kappa shape index (κ1) is 31.6. The fourth-order valence-corrected chi connectivity index (χ4v) is 3.26. The lowest BCUT2D eigenvalue weighted by Gasteiger charge is -2.14. The number of rotatable bonds is 11. The van der Waals surface area contributed by atoms with Crippen LogP contribution < -0.4 is 0 Å². The molecule has 2 fully saturated rings. The van der Waals surface area contributed by atoms with E-state index >= 15 is 0 Å². The zero-order valence-electron chi connectivity index (χ0n) is 20.3. The minimum atomic E-state index is -1.27. The summed E-state index contributed by atoms with van der Waals surface area (Å²) >= 11 is 0. The van der Waals surface area contributed by atoms with Gasteiger partial charge in [-0.2, -0.15) is 0 Å². The number of unbranched alkanes of at least 4 members (excludes halogenated alkanes) is 2. The van der Waals surface area contributed by atoms with Crippen molar-refractivity contribution < 1.29 is 49.2 Å². The molecule has 0 spiro atoms. The highest BCUT2D eigenvalue weighted by atomic mass is 16.4. The third-order valence-corrected chi connectivity index (χ3v) is 5.36. The third kappa shape index (κ3) is 12.6. The molecule has 198 valence electrons. The lowest BCUT2D eigenvalue weighted by atomic mass is 10.1. The second kappa shape index (κ2) is 16.2. The van der Waals surface area contributed by atoms with Gasteiger partial charge >= 0.3 is 23.9 Å². The maximum atomic E-state index is 11.3. The lowest BCUT2D eigenvalue weighted by molar-refractivity contribution is -0.142. The Bertz CT molecular complexity index is 749. The molecule has 0 saturated carbocycles. The van der Waals surface area contributed by atoms with E-state index in [-0.39, 0.29) is 30.2 Å². The summed E-state index contributed by atoms with van der Waals surface area (Å²) in [4.78, 5) is 66.7. The second-order valence-electron chi connectivity index (χ2n) is 8.34. The number of hydrogen-bond acceptors (Lipinski definition) is 6. The Morgan fingerprint density at radius 2 is 1.17 bits per heavy atom. The van der Waals surface area contributed by atoms with Gasteiger partial charge in [0.2, 0.25) is 11.8 Å². The Morgan fingerprint density at radius 1 is 0.800 bits per heavy atom. The molecular formula is C23H36N2O10. The van der Waals surface area contributed by atoms with Crippen LogP contribution in [0.4, 0.5) is 0 Å². The zero-order valence-corrected chi connectivity index (χ0v) is 20.3. The highest BCUT2D eigenvalue weighted by Gasteiger charge is 2.34. The standard InChI is InChI=1S/2C9H15NO3.C5H6O4/c2*1-2-3-4-10-6-7(9(12)13)5-8(10)11;1-3(5(8)9)2-4(6)7/h2*7H,2-6H2,1H3,(H,12,13);1-2H2,(H,6,7)(H,8,9). The summed E-state index contributed by atoms with van der Waals surface area (Å²) in [7, 11) is 0. The first-order valence-electron chi connectivity index (χ1n) is 11.5. The number of carboxylic acid groups (broad SMARTS) is 4. The molecule has 2 atom stereocenters. The largest absolute Gasteiger partial charge is 0.481 e. The van der Waals surface area contributed by atoms with Crippen LogP contribution in [0.1, 0.15) is 58.8 Å². The molecular weight excluding hydrogens is 464 g/mol. The third-order valence-electron chi connectivity index (χ3n) is 5.36. The summed E-state index contributed by atoms with van der Waals surface area (Å²) in [5, 5.41) is 33.5. The van der Waals surface area contributed by atoms with Crippen LogP contribution >= 0.6 is 0 Å². The zero-order chi connectivity index (χ0) is 27.1. The number of carbonyl (C=O) groups excluding carboxylic acids is 2. The van der Waals surface area contributed by atoms with E-state index in [0.29, 0.717) is 26.2 Å². The number of nitrogens with zero attached hydrogens (tertiary/aromatic N) is 2. The van der Waals surface area contributed by atoms with Gasteiger partial charge < -0.3 is 30.2 Å². The molecule has 0 aliphatic carbocycles. The number of likely N-dealkylation sites (tertiary alicyclic amines) is 2. The Labute approximate surface area is 204 Å². The molecule has 0 bridgehead atoms. The minimum Gasteiger partial charge on any atom is -0.481 e. The molecule has 2 amide bonds. The smallest absolute Gasteiger partial charge is 0.331 e. The number of carbonyl (C=O) groups is 6. The maximum Gasteiger partial charge on any atom is 0.331 e. The van der Waals surface area contributed by atoms with E-state index in [2.05, 4.69) is 20.4 Å². The van der Waals surface area contributed by atoms with Gasteiger partial charge in [-0.15, -0.1) is 0 Å². The molecule has 12 heteroatoms. The van der Waals surface area contributed by atoms with E-state index in [0.717, 1.165) is 25.7 Å². The van der Waals surface area contributed by atoms with Crippen molar-refractivity contribution in [3.8, 4) is 0 Å². The molecule has 0 aromatic rings. The Balaban J connectivity index is 0.000000506. The summed E-state index contributed by atoms with van der Waals surface area (Å²) in [6.45, 7) is 9.32. The van der Waals surface area contributed by atoms with E-state index in [1.54, 1.807) is 9.80 Å². The normalized spacial score (nSPS) is 18.8. The topological polar surface area (TPSA) is 190 Å². The van der Waals surface area contributed by atoms with Gasteiger partial charge in [-0.3, -0.25) is 24.0 Å². The maximum absolute atomic E-state index is 11.3. The van der Waals surface area contributed by atoms with Gasteiger partial charge in [-0.25, -0.2) is 4.79 Å². The number of hydrogen-bond donors (Lipinski definition) is 4. The Kier molecular flexibility index (Phi) is 14.6. The molecule has 2 heterocycles. The van der Waals surface area contributed by atoms with Crippen molar-refractivity contribution in [3.63, 3.8) is 0 Å². The molecule has 0 aromatic heterocycles. The average molecular weight is 501 g/mol. The van der Waals surface area contributed by atoms with Crippen molar-refractivity contribution in [2.45, 2.75) is 58.8 Å². The first-order valence-corrected chi connectivity index (χ1v) is 11.5. The van der Waals surface area contributed by atoms with E-state index < -0.39 is 42.1 Å². The van der Waals surface area contributed by atoms with Crippen LogP contribution in [0.2, 0.25) is 0 Å². The van der Waals surface area contributed by atoms with Crippen molar-refractivity contribution in [2.75, 3.05) is 26.2 Å². The molecule has 12 nitrogen and oxygen atoms in total. The Hall–Kier alpha value is -3.44. The number of aliphatic carboxylic acids is 4. The quantitative estimate of drug-likeness (QED) is 0.303. The fourth-order valence-electron chi connectivity index (χ4n) is 3.26. The first-order chi connectivity index (χ1) is 16.3. The molecule has 2 rings (SSSR count). The highest BCUT2D eigenvalue weighted by Crippen LogP contribution is 2.19. The minimum absolute atomic E-state index is 0.0131. The van der Waals surface area contributed by atoms with Gasteiger partial charge in [0.25, 0.3) is 0 Å². The number of carboxylic acids is 4. The molecule has 35 heavy (non-hydrogen) atoms. The van der Waals surface area contributed by atoms with Crippen molar-refractivity contribution >= 4 is 35.7 Å². The van der Waals surface area contributed by atoms with Crippen LogP contribution in [0.15, 0.2) is 12.2 Å². The van der Waals surface area contributed by atoms with Crippen LogP contribution in [-0.4, -0.2) is 92.1 Å². The molecule has 0 radical (unpaired) electrons. The van der Waals surface area contributed by atoms with E-state index in [1.165, 1.54) is 0 Å². The highest BCUT2D eigenvalue weighted by molar-refractivity contribution is 5.91. The summed E-state index contributed by atoms with van der Waals surface area (Å²) in [6.07, 6.45) is 3.83. The molecule has 2 aliphatic heterocycles. The van der Waals surface area contributed by atoms with E-state index in [9.17, 15) is 28.8 Å². The predicted molar refractivity (Wildman–Crippen MR) is 123 cm³/mol. The Morgan fingerprint density at radius 3 is 1.37 bits per heavy atom. The molecule has 2 aliphatic rings. The van der Waals surface area contributed by atoms with Gasteiger partial charge in [0.1, 0.15) is 0 Å². The molecule has 0 aromatic carbocycles. The lowest BCUT2D eigenvalue weighted by Crippen LogP contribution is -2.27. The summed E-state index contributed by atoms with van der Waals surface area (Å²) in [5.41, 5.74) is -0.303. The van der Waals surface area contributed by atoms with Crippen LogP contribution in [0.5, 0.6) is 0 Å². The predicted octanol–water partition coefficient (Wildman–Crippen LogP) is 1.54. The van der Waals surface area contributed by atoms with Crippen LogP contribution in [0, 0.1) is 11.8 Å². The number of amides is 2. The molecule has 2 saturated heterocycles. The second-order valence-corrected chi connectivity index (χ2v) is 8.34. The van der Waals surface area contributed by atoms with Gasteiger partial charge in [-0.1, -0.05) is 33.3 Å². The summed E-state index contributed by atoms with van der Waals surface area (Å²) in [5.74, 6) is -5.14. The average Bonchev–Trinajstić information content (AvgIpc) is 3.33.